The highest BCUT2D eigenvalue weighted by Crippen LogP contribution is 2.38. The van der Waals surface area contributed by atoms with E-state index in [1.165, 1.54) is 10.3 Å². The molecule has 0 radical (unpaired) electrons. The van der Waals surface area contributed by atoms with Gasteiger partial charge < -0.3 is 4.90 Å². The second kappa shape index (κ2) is 5.85. The summed E-state index contributed by atoms with van der Waals surface area (Å²) in [5.41, 5.74) is 6.69. The fraction of sp³-hybridized carbons (Fsp3) is 0.409. The molecule has 26 heavy (non-hydrogen) atoms. The number of Topliss-reactive ketones (excluding diaryl/α,β-unsaturated/α-hetero) is 1. The first-order chi connectivity index (χ1) is 12.6. The summed E-state index contributed by atoms with van der Waals surface area (Å²) >= 11 is 0. The van der Waals surface area contributed by atoms with Gasteiger partial charge in [-0.3, -0.25) is 4.79 Å². The molecule has 0 aromatic heterocycles. The summed E-state index contributed by atoms with van der Waals surface area (Å²) in [5, 5.41) is 0. The number of hydrogen-bond acceptors (Lipinski definition) is 3. The number of likely N-dealkylation sites (N-methyl/N-ethyl adjacent to an activating group) is 1. The lowest BCUT2D eigenvalue weighted by Crippen LogP contribution is -2.21. The summed E-state index contributed by atoms with van der Waals surface area (Å²) in [6, 6.07) is 12.8. The molecular formula is C22H23N2O2+. The Hall–Kier alpha value is -2.33. The van der Waals surface area contributed by atoms with Crippen molar-refractivity contribution in [1.29, 1.82) is 0 Å². The highest BCUT2D eigenvalue weighted by atomic mass is 16.3. The van der Waals surface area contributed by atoms with E-state index in [1.54, 1.807) is 0 Å². The van der Waals surface area contributed by atoms with Crippen molar-refractivity contribution < 1.29 is 9.55 Å². The number of nitrogens with zero attached hydrogens (tertiary/aromatic N) is 2. The van der Waals surface area contributed by atoms with E-state index >= 15 is 0 Å². The third-order valence-electron chi connectivity index (χ3n) is 6.32. The summed E-state index contributed by atoms with van der Waals surface area (Å²) in [6.45, 7) is 3.10. The molecule has 0 unspecified atom stereocenters. The van der Waals surface area contributed by atoms with Gasteiger partial charge in [0.1, 0.15) is 0 Å². The minimum absolute atomic E-state index is 0.249. The third kappa shape index (κ3) is 2.52. The Morgan fingerprint density at radius 3 is 2.69 bits per heavy atom. The van der Waals surface area contributed by atoms with E-state index in [0.717, 1.165) is 47.3 Å². The highest BCUT2D eigenvalue weighted by Gasteiger charge is 2.40. The third-order valence-corrected chi connectivity index (χ3v) is 6.32. The monoisotopic (exact) mass is 347 g/mol. The van der Waals surface area contributed by atoms with E-state index < -0.39 is 0 Å². The number of ketones is 1. The summed E-state index contributed by atoms with van der Waals surface area (Å²) < 4.78 is 1.22. The highest BCUT2D eigenvalue weighted by molar-refractivity contribution is 6.01. The molecule has 132 valence electrons. The molecule has 2 aromatic rings. The Labute approximate surface area is 153 Å². The number of aryl methyl sites for hydroxylation is 1. The van der Waals surface area contributed by atoms with Gasteiger partial charge in [-0.2, -0.15) is 0 Å². The van der Waals surface area contributed by atoms with Crippen LogP contribution >= 0.6 is 0 Å². The molecule has 2 heterocycles. The van der Waals surface area contributed by atoms with Crippen molar-refractivity contribution in [3.05, 3.63) is 63.6 Å². The largest absolute Gasteiger partial charge is 0.305 e. The zero-order chi connectivity index (χ0) is 17.8. The van der Waals surface area contributed by atoms with Crippen LogP contribution in [0, 0.1) is 10.8 Å². The maximum Gasteiger partial charge on any atom is 0.217 e. The molecule has 0 saturated carbocycles. The van der Waals surface area contributed by atoms with Crippen LogP contribution in [0.3, 0.4) is 0 Å². The van der Waals surface area contributed by atoms with Gasteiger partial charge in [0.05, 0.1) is 0 Å². The van der Waals surface area contributed by atoms with Crippen molar-refractivity contribution in [2.75, 3.05) is 26.7 Å². The topological polar surface area (TPSA) is 40.4 Å². The second-order valence-electron chi connectivity index (χ2n) is 8.12. The second-order valence-corrected chi connectivity index (χ2v) is 8.12. The minimum atomic E-state index is 0.249. The van der Waals surface area contributed by atoms with Crippen molar-refractivity contribution in [3.63, 3.8) is 0 Å². The zero-order valence-corrected chi connectivity index (χ0v) is 15.1. The first-order valence-electron chi connectivity index (χ1n) is 9.48. The van der Waals surface area contributed by atoms with Crippen LogP contribution in [0.2, 0.25) is 0 Å². The molecule has 5 rings (SSSR count). The number of hydrogen-bond donors (Lipinski definition) is 0. The molecule has 1 fully saturated rings. The molecule has 1 aliphatic carbocycles. The first-order valence-corrected chi connectivity index (χ1v) is 9.48. The SMILES string of the molecule is CN1C[C@H]2C[N+](=O)Cc3cc(-c4ccc5c(c4)C(=O)CC5)ccc3[C@@H]2C1. The van der Waals surface area contributed by atoms with Gasteiger partial charge in [-0.05, 0) is 47.9 Å². The zero-order valence-electron chi connectivity index (χ0n) is 15.1. The predicted octanol–water partition coefficient (Wildman–Crippen LogP) is 3.42. The van der Waals surface area contributed by atoms with Gasteiger partial charge >= 0.3 is 0 Å². The van der Waals surface area contributed by atoms with E-state index in [1.807, 2.05) is 6.07 Å². The number of fused-ring (bicyclic) bond motifs is 4. The van der Waals surface area contributed by atoms with E-state index in [9.17, 15) is 9.70 Å². The quantitative estimate of drug-likeness (QED) is 0.742. The molecule has 0 bridgehead atoms. The number of benzene rings is 2. The van der Waals surface area contributed by atoms with Crippen LogP contribution in [-0.2, 0) is 13.0 Å². The van der Waals surface area contributed by atoms with Crippen LogP contribution in [0.1, 0.15) is 39.4 Å². The summed E-state index contributed by atoms with van der Waals surface area (Å²) in [4.78, 5) is 26.8. The fourth-order valence-electron chi connectivity index (χ4n) is 5.04. The van der Waals surface area contributed by atoms with Crippen molar-refractivity contribution >= 4 is 5.78 Å². The lowest BCUT2D eigenvalue weighted by Gasteiger charge is -2.16. The average Bonchev–Trinajstić information content (AvgIpc) is 3.13. The van der Waals surface area contributed by atoms with Crippen molar-refractivity contribution in [2.45, 2.75) is 25.3 Å². The van der Waals surface area contributed by atoms with Gasteiger partial charge in [-0.1, -0.05) is 24.3 Å². The number of carbonyl (C=O) groups is 1. The first kappa shape index (κ1) is 15.9. The van der Waals surface area contributed by atoms with Crippen LogP contribution in [0.25, 0.3) is 11.1 Å². The Kier molecular flexibility index (Phi) is 3.57. The predicted molar refractivity (Wildman–Crippen MR) is 100 cm³/mol. The summed E-state index contributed by atoms with van der Waals surface area (Å²) in [6.07, 6.45) is 1.49. The normalized spacial score (nSPS) is 25.0. The van der Waals surface area contributed by atoms with Crippen LogP contribution in [0.5, 0.6) is 0 Å². The van der Waals surface area contributed by atoms with E-state index in [2.05, 4.69) is 42.3 Å². The van der Waals surface area contributed by atoms with Crippen molar-refractivity contribution in [2.24, 2.45) is 5.92 Å². The maximum absolute atomic E-state index is 12.4. The van der Waals surface area contributed by atoms with Crippen LogP contribution in [0.4, 0.5) is 0 Å². The number of nitroso groups, excluding NO2 is 1. The molecule has 3 aliphatic rings. The minimum Gasteiger partial charge on any atom is -0.305 e. The molecule has 0 spiro atoms. The van der Waals surface area contributed by atoms with E-state index in [0.29, 0.717) is 31.3 Å². The van der Waals surface area contributed by atoms with Gasteiger partial charge in [0, 0.05) is 52.1 Å². The van der Waals surface area contributed by atoms with Gasteiger partial charge in [0.15, 0.2) is 12.3 Å². The Morgan fingerprint density at radius 2 is 1.81 bits per heavy atom. The van der Waals surface area contributed by atoms with Crippen LogP contribution < -0.4 is 0 Å². The van der Waals surface area contributed by atoms with Gasteiger partial charge in [-0.15, -0.1) is 0 Å². The molecule has 2 aliphatic heterocycles. The fourth-order valence-corrected chi connectivity index (χ4v) is 5.04. The van der Waals surface area contributed by atoms with E-state index in [-0.39, 0.29) is 5.78 Å². The van der Waals surface area contributed by atoms with Crippen LogP contribution in [-0.4, -0.2) is 42.1 Å². The average molecular weight is 347 g/mol. The van der Waals surface area contributed by atoms with Crippen molar-refractivity contribution in [3.8, 4) is 11.1 Å². The molecule has 1 saturated heterocycles. The maximum atomic E-state index is 12.4. The molecule has 4 heteroatoms. The molecule has 4 nitrogen and oxygen atoms in total. The lowest BCUT2D eigenvalue weighted by molar-refractivity contribution is -0.569. The van der Waals surface area contributed by atoms with Gasteiger partial charge in [-0.25, -0.2) is 0 Å². The number of likely N-dealkylation sites (tertiary alicyclic amines) is 1. The smallest absolute Gasteiger partial charge is 0.217 e. The van der Waals surface area contributed by atoms with E-state index in [4.69, 9.17) is 0 Å². The summed E-state index contributed by atoms with van der Waals surface area (Å²) in [5.74, 6) is 1.12. The Morgan fingerprint density at radius 1 is 1.00 bits per heavy atom. The van der Waals surface area contributed by atoms with Gasteiger partial charge in [0.25, 0.3) is 0 Å². The molecule has 2 atom stereocenters. The van der Waals surface area contributed by atoms with Gasteiger partial charge in [0.2, 0.25) is 6.54 Å². The molecule has 0 amide bonds. The number of carbonyl (C=O) groups excluding carboxylic acids is 1. The Bertz CT molecular complexity index is 934. The lowest BCUT2D eigenvalue weighted by atomic mass is 9.86. The molecule has 2 aromatic carbocycles. The molecule has 0 N–H and O–H groups in total. The standard InChI is InChI=1S/C22H23N2O2/c1-23-10-18-12-24(26)11-17-8-15(4-6-19(17)21(18)13-23)16-3-2-14-5-7-22(25)20(14)9-16/h2-4,6,8-9,18,21H,5,7,10-13H2,1H3/q+1/t18-,21+/m0/s1. The van der Waals surface area contributed by atoms with Crippen molar-refractivity contribution in [1.82, 2.24) is 4.90 Å². The van der Waals surface area contributed by atoms with Crippen LogP contribution in [0.15, 0.2) is 36.4 Å². The Balaban J connectivity index is 1.57. The number of rotatable bonds is 1. The molecular weight excluding hydrogens is 324 g/mol. The summed E-state index contributed by atoms with van der Waals surface area (Å²) in [7, 11) is 2.14.